The molecule has 0 aliphatic carbocycles. The van der Waals surface area contributed by atoms with Crippen molar-refractivity contribution in [3.63, 3.8) is 0 Å². The molecule has 1 N–H and O–H groups in total. The first-order valence-electron chi connectivity index (χ1n) is 6.02. The van der Waals surface area contributed by atoms with E-state index in [1.165, 1.54) is 7.11 Å². The molecule has 0 amide bonds. The van der Waals surface area contributed by atoms with Gasteiger partial charge in [-0.05, 0) is 25.0 Å². The molecular weight excluding hydrogens is 264 g/mol. The van der Waals surface area contributed by atoms with Crippen molar-refractivity contribution >= 4 is 17.6 Å². The molecule has 0 radical (unpaired) electrons. The van der Waals surface area contributed by atoms with Crippen LogP contribution in [-0.2, 0) is 9.53 Å². The van der Waals surface area contributed by atoms with E-state index in [0.717, 1.165) is 5.56 Å². The van der Waals surface area contributed by atoms with Gasteiger partial charge in [-0.25, -0.2) is 0 Å². The summed E-state index contributed by atoms with van der Waals surface area (Å²) in [6.45, 7) is 1.75. The van der Waals surface area contributed by atoms with Crippen LogP contribution < -0.4 is 5.32 Å². The molecule has 2 rings (SSSR count). The molecule has 0 aromatic heterocycles. The van der Waals surface area contributed by atoms with Crippen molar-refractivity contribution in [2.75, 3.05) is 7.11 Å². The van der Waals surface area contributed by atoms with Gasteiger partial charge in [0.05, 0.1) is 25.1 Å². The van der Waals surface area contributed by atoms with Gasteiger partial charge in [0.1, 0.15) is 5.54 Å². The normalized spacial score (nSPS) is 29.8. The van der Waals surface area contributed by atoms with Crippen molar-refractivity contribution in [2.45, 2.75) is 24.9 Å². The lowest BCUT2D eigenvalue weighted by Gasteiger charge is -2.23. The van der Waals surface area contributed by atoms with E-state index in [-0.39, 0.29) is 17.9 Å². The summed E-state index contributed by atoms with van der Waals surface area (Å²) in [5.74, 6) is -0.675. The van der Waals surface area contributed by atoms with Gasteiger partial charge in [0, 0.05) is 5.02 Å². The molecule has 1 aromatic rings. The third kappa shape index (κ3) is 2.44. The Morgan fingerprint density at radius 2 is 2.26 bits per heavy atom. The molecule has 1 heterocycles. The number of nitriles is 1. The number of esters is 1. The highest BCUT2D eigenvalue weighted by Crippen LogP contribution is 2.40. The smallest absolute Gasteiger partial charge is 0.325 e. The zero-order valence-electron chi connectivity index (χ0n) is 10.8. The minimum atomic E-state index is -0.848. The molecule has 5 heteroatoms. The number of nitrogens with one attached hydrogen (secondary N) is 1. The van der Waals surface area contributed by atoms with Crippen LogP contribution in [0.1, 0.15) is 24.9 Å². The first-order chi connectivity index (χ1) is 9.01. The lowest BCUT2D eigenvalue weighted by molar-refractivity contribution is -0.147. The number of hydrogen-bond donors (Lipinski definition) is 1. The Bertz CT molecular complexity index is 540. The Labute approximate surface area is 117 Å². The summed E-state index contributed by atoms with van der Waals surface area (Å²) in [6, 6.07) is 9.33. The molecule has 100 valence electrons. The summed E-state index contributed by atoms with van der Waals surface area (Å²) < 4.78 is 4.80. The topological polar surface area (TPSA) is 62.1 Å². The Kier molecular flexibility index (Phi) is 3.79. The molecule has 1 saturated heterocycles. The summed E-state index contributed by atoms with van der Waals surface area (Å²) in [7, 11) is 1.35. The highest BCUT2D eigenvalue weighted by Gasteiger charge is 2.48. The first kappa shape index (κ1) is 13.9. The fraction of sp³-hybridized carbons (Fsp3) is 0.429. The van der Waals surface area contributed by atoms with Crippen LogP contribution in [0, 0.1) is 17.2 Å². The van der Waals surface area contributed by atoms with Crippen LogP contribution >= 0.6 is 11.6 Å². The predicted molar refractivity (Wildman–Crippen MR) is 71.5 cm³/mol. The second-order valence-electron chi connectivity index (χ2n) is 4.91. The number of rotatable bonds is 2. The fourth-order valence-corrected chi connectivity index (χ4v) is 2.82. The lowest BCUT2D eigenvalue weighted by Crippen LogP contribution is -2.46. The number of carbonyl (C=O) groups is 1. The number of methoxy groups -OCH3 is 1. The summed E-state index contributed by atoms with van der Waals surface area (Å²) in [5.41, 5.74) is -0.0118. The van der Waals surface area contributed by atoms with Crippen molar-refractivity contribution in [3.05, 3.63) is 34.9 Å². The number of ether oxygens (including phenoxy) is 1. The molecular formula is C14H15ClN2O2. The summed E-state index contributed by atoms with van der Waals surface area (Å²) in [5, 5.41) is 13.1. The van der Waals surface area contributed by atoms with Crippen LogP contribution in [0.15, 0.2) is 24.3 Å². The Morgan fingerprint density at radius 3 is 2.84 bits per heavy atom. The predicted octanol–water partition coefficient (Wildman–Crippen LogP) is 2.45. The van der Waals surface area contributed by atoms with Crippen LogP contribution in [0.4, 0.5) is 0 Å². The minimum absolute atomic E-state index is 0.261. The Hall–Kier alpha value is -1.57. The maximum absolute atomic E-state index is 11.8. The molecule has 1 aromatic carbocycles. The van der Waals surface area contributed by atoms with E-state index in [2.05, 4.69) is 11.4 Å². The molecule has 1 aliphatic heterocycles. The second-order valence-corrected chi connectivity index (χ2v) is 5.31. The van der Waals surface area contributed by atoms with Crippen molar-refractivity contribution in [2.24, 2.45) is 5.92 Å². The molecule has 19 heavy (non-hydrogen) atoms. The average Bonchev–Trinajstić information content (AvgIpc) is 2.77. The molecule has 1 aliphatic rings. The molecule has 4 nitrogen and oxygen atoms in total. The fourth-order valence-electron chi connectivity index (χ4n) is 2.57. The summed E-state index contributed by atoms with van der Waals surface area (Å²) >= 11 is 6.17. The van der Waals surface area contributed by atoms with Gasteiger partial charge in [0.2, 0.25) is 0 Å². The molecule has 1 fully saturated rings. The zero-order valence-corrected chi connectivity index (χ0v) is 11.6. The highest BCUT2D eigenvalue weighted by atomic mass is 35.5. The van der Waals surface area contributed by atoms with E-state index in [1.54, 1.807) is 13.0 Å². The van der Waals surface area contributed by atoms with E-state index in [4.69, 9.17) is 16.3 Å². The maximum atomic E-state index is 11.8. The van der Waals surface area contributed by atoms with Crippen LogP contribution in [-0.4, -0.2) is 18.6 Å². The summed E-state index contributed by atoms with van der Waals surface area (Å²) in [6.07, 6.45) is 0.409. The monoisotopic (exact) mass is 278 g/mol. The number of nitrogens with zero attached hydrogens (tertiary/aromatic N) is 1. The van der Waals surface area contributed by atoms with Crippen molar-refractivity contribution < 1.29 is 9.53 Å². The van der Waals surface area contributed by atoms with Gasteiger partial charge in [-0.3, -0.25) is 10.1 Å². The molecule has 0 spiro atoms. The van der Waals surface area contributed by atoms with Crippen molar-refractivity contribution in [3.8, 4) is 6.07 Å². The molecule has 0 unspecified atom stereocenters. The van der Waals surface area contributed by atoms with Crippen molar-refractivity contribution in [1.29, 1.82) is 5.26 Å². The Balaban J connectivity index is 2.35. The minimum Gasteiger partial charge on any atom is -0.468 e. The third-order valence-electron chi connectivity index (χ3n) is 3.55. The average molecular weight is 279 g/mol. The second kappa shape index (κ2) is 5.20. The Morgan fingerprint density at radius 1 is 1.58 bits per heavy atom. The van der Waals surface area contributed by atoms with Crippen LogP contribution in [0.2, 0.25) is 5.02 Å². The van der Waals surface area contributed by atoms with Gasteiger partial charge < -0.3 is 4.74 Å². The van der Waals surface area contributed by atoms with E-state index >= 15 is 0 Å². The van der Waals surface area contributed by atoms with E-state index in [0.29, 0.717) is 11.4 Å². The maximum Gasteiger partial charge on any atom is 0.325 e. The van der Waals surface area contributed by atoms with Gasteiger partial charge in [0.15, 0.2) is 0 Å². The van der Waals surface area contributed by atoms with Gasteiger partial charge >= 0.3 is 5.97 Å². The number of benzene rings is 1. The first-order valence-corrected chi connectivity index (χ1v) is 6.40. The zero-order chi connectivity index (χ0) is 14.0. The molecule has 0 bridgehead atoms. The number of carbonyl (C=O) groups excluding carboxylic acids is 1. The largest absolute Gasteiger partial charge is 0.468 e. The summed E-state index contributed by atoms with van der Waals surface area (Å²) in [4.78, 5) is 11.8. The SMILES string of the molecule is COC(=O)[C@]1(C)C[C@H](C#N)[C@H](c2ccccc2Cl)N1. The molecule has 0 saturated carbocycles. The van der Waals surface area contributed by atoms with E-state index < -0.39 is 5.54 Å². The van der Waals surface area contributed by atoms with E-state index in [9.17, 15) is 10.1 Å². The van der Waals surface area contributed by atoms with E-state index in [1.807, 2.05) is 18.2 Å². The highest BCUT2D eigenvalue weighted by molar-refractivity contribution is 6.31. The van der Waals surface area contributed by atoms with Crippen LogP contribution in [0.25, 0.3) is 0 Å². The van der Waals surface area contributed by atoms with Gasteiger partial charge in [-0.15, -0.1) is 0 Å². The van der Waals surface area contributed by atoms with Crippen LogP contribution in [0.5, 0.6) is 0 Å². The van der Waals surface area contributed by atoms with Gasteiger partial charge in [-0.2, -0.15) is 5.26 Å². The van der Waals surface area contributed by atoms with Gasteiger partial charge in [-0.1, -0.05) is 29.8 Å². The van der Waals surface area contributed by atoms with Gasteiger partial charge in [0.25, 0.3) is 0 Å². The van der Waals surface area contributed by atoms with Crippen LogP contribution in [0.3, 0.4) is 0 Å². The lowest BCUT2D eigenvalue weighted by atomic mass is 9.91. The number of hydrogen-bond acceptors (Lipinski definition) is 4. The standard InChI is InChI=1S/C14H15ClN2O2/c1-14(13(18)19-2)7-9(8-16)12(17-14)10-5-3-4-6-11(10)15/h3-6,9,12,17H,7H2,1-2H3/t9-,12-,14+/m1/s1. The quantitative estimate of drug-likeness (QED) is 0.844. The van der Waals surface area contributed by atoms with Crippen molar-refractivity contribution in [1.82, 2.24) is 5.32 Å². The number of halogens is 1. The molecule has 3 atom stereocenters. The third-order valence-corrected chi connectivity index (χ3v) is 3.89.